The molecule has 0 spiro atoms. The Balaban J connectivity index is 2.27. The molecule has 2 N–H and O–H groups in total. The van der Waals surface area contributed by atoms with Crippen molar-refractivity contribution in [2.75, 3.05) is 5.73 Å². The summed E-state index contributed by atoms with van der Waals surface area (Å²) >= 11 is 0. The molecule has 0 aliphatic heterocycles. The molecule has 1 heterocycles. The fraction of sp³-hybridized carbons (Fsp3) is 0.625. The van der Waals surface area contributed by atoms with Gasteiger partial charge in [0, 0.05) is 0 Å². The maximum absolute atomic E-state index is 10.5. The van der Waals surface area contributed by atoms with Gasteiger partial charge in [-0.15, -0.1) is 0 Å². The van der Waals surface area contributed by atoms with E-state index in [0.29, 0.717) is 6.04 Å². The van der Waals surface area contributed by atoms with E-state index in [1.165, 1.54) is 0 Å². The predicted molar refractivity (Wildman–Crippen MR) is 50.8 cm³/mol. The first kappa shape index (κ1) is 8.98. The molecule has 0 amide bonds. The standard InChI is InChI=1S/C8H12N4O2/c9-7-5-11(6-3-1-2-4-6)10-8(7)12(13)14/h5-6H,1-4,9H2. The zero-order chi connectivity index (χ0) is 10.1. The van der Waals surface area contributed by atoms with E-state index in [0.717, 1.165) is 25.7 Å². The highest BCUT2D eigenvalue weighted by atomic mass is 16.6. The summed E-state index contributed by atoms with van der Waals surface area (Å²) in [6.45, 7) is 0. The van der Waals surface area contributed by atoms with Crippen LogP contribution in [0.3, 0.4) is 0 Å². The Labute approximate surface area is 80.9 Å². The molecule has 1 aliphatic rings. The van der Waals surface area contributed by atoms with Crippen LogP contribution >= 0.6 is 0 Å². The smallest absolute Gasteiger partial charge is 0.390 e. The van der Waals surface area contributed by atoms with Crippen molar-refractivity contribution in [3.63, 3.8) is 0 Å². The third kappa shape index (κ3) is 1.43. The minimum Gasteiger partial charge on any atom is -0.390 e. The molecule has 1 fully saturated rings. The molecule has 1 aliphatic carbocycles. The first-order chi connectivity index (χ1) is 6.68. The van der Waals surface area contributed by atoms with Gasteiger partial charge in [0.25, 0.3) is 0 Å². The summed E-state index contributed by atoms with van der Waals surface area (Å²) in [6.07, 6.45) is 5.97. The molecule has 0 radical (unpaired) electrons. The van der Waals surface area contributed by atoms with Crippen LogP contribution in [0.25, 0.3) is 0 Å². The lowest BCUT2D eigenvalue weighted by Gasteiger charge is -2.03. The maximum Gasteiger partial charge on any atom is 0.412 e. The third-order valence-electron chi connectivity index (χ3n) is 2.61. The van der Waals surface area contributed by atoms with Gasteiger partial charge in [-0.3, -0.25) is 0 Å². The van der Waals surface area contributed by atoms with Crippen LogP contribution < -0.4 is 5.73 Å². The van der Waals surface area contributed by atoms with Gasteiger partial charge in [-0.1, -0.05) is 12.8 Å². The number of aromatic nitrogens is 2. The van der Waals surface area contributed by atoms with Gasteiger partial charge in [0.2, 0.25) is 0 Å². The van der Waals surface area contributed by atoms with Crippen molar-refractivity contribution in [2.45, 2.75) is 31.7 Å². The van der Waals surface area contributed by atoms with Crippen LogP contribution in [0.5, 0.6) is 0 Å². The van der Waals surface area contributed by atoms with Gasteiger partial charge in [0.15, 0.2) is 5.69 Å². The molecule has 0 aromatic carbocycles. The Morgan fingerprint density at radius 1 is 1.57 bits per heavy atom. The van der Waals surface area contributed by atoms with Crippen LogP contribution in [-0.4, -0.2) is 14.7 Å². The van der Waals surface area contributed by atoms with Crippen molar-refractivity contribution in [3.8, 4) is 0 Å². The topological polar surface area (TPSA) is 87.0 Å². The lowest BCUT2D eigenvalue weighted by Crippen LogP contribution is -2.05. The van der Waals surface area contributed by atoms with Crippen molar-refractivity contribution in [1.29, 1.82) is 0 Å². The van der Waals surface area contributed by atoms with E-state index in [4.69, 9.17) is 5.73 Å². The SMILES string of the molecule is Nc1cn(C2CCCC2)nc1[N+](=O)[O-]. The number of hydrogen-bond acceptors (Lipinski definition) is 4. The molecule has 1 aromatic heterocycles. The number of anilines is 1. The van der Waals surface area contributed by atoms with Crippen LogP contribution in [0.2, 0.25) is 0 Å². The second-order valence-electron chi connectivity index (χ2n) is 3.58. The van der Waals surface area contributed by atoms with Crippen molar-refractivity contribution < 1.29 is 4.92 Å². The summed E-state index contributed by atoms with van der Waals surface area (Å²) in [5.74, 6) is -0.225. The van der Waals surface area contributed by atoms with E-state index in [9.17, 15) is 10.1 Å². The van der Waals surface area contributed by atoms with E-state index < -0.39 is 4.92 Å². The molecule has 14 heavy (non-hydrogen) atoms. The van der Waals surface area contributed by atoms with E-state index in [2.05, 4.69) is 5.10 Å². The van der Waals surface area contributed by atoms with Crippen molar-refractivity contribution in [2.24, 2.45) is 0 Å². The van der Waals surface area contributed by atoms with Crippen molar-refractivity contribution in [1.82, 2.24) is 9.78 Å². The summed E-state index contributed by atoms with van der Waals surface area (Å²) in [6, 6.07) is 0.297. The Kier molecular flexibility index (Phi) is 2.11. The summed E-state index contributed by atoms with van der Waals surface area (Å²) in [4.78, 5) is 9.96. The quantitative estimate of drug-likeness (QED) is 0.573. The predicted octanol–water partition coefficient (Wildman–Crippen LogP) is 1.49. The van der Waals surface area contributed by atoms with Crippen LogP contribution in [0.15, 0.2) is 6.20 Å². The Bertz CT molecular complexity index is 354. The molecular weight excluding hydrogens is 184 g/mol. The van der Waals surface area contributed by atoms with Crippen LogP contribution in [0.4, 0.5) is 11.5 Å². The molecule has 0 atom stereocenters. The Morgan fingerprint density at radius 3 is 2.71 bits per heavy atom. The number of nitrogen functional groups attached to an aromatic ring is 1. The van der Waals surface area contributed by atoms with E-state index in [-0.39, 0.29) is 11.5 Å². The number of nitro groups is 1. The molecule has 0 bridgehead atoms. The van der Waals surface area contributed by atoms with E-state index >= 15 is 0 Å². The van der Waals surface area contributed by atoms with Crippen LogP contribution in [-0.2, 0) is 0 Å². The number of nitrogens with two attached hydrogens (primary N) is 1. The lowest BCUT2D eigenvalue weighted by atomic mass is 10.3. The normalized spacial score (nSPS) is 17.4. The van der Waals surface area contributed by atoms with Gasteiger partial charge < -0.3 is 15.8 Å². The molecule has 2 rings (SSSR count). The molecule has 6 heteroatoms. The fourth-order valence-electron chi connectivity index (χ4n) is 1.89. The summed E-state index contributed by atoms with van der Waals surface area (Å²) < 4.78 is 1.64. The second kappa shape index (κ2) is 3.28. The van der Waals surface area contributed by atoms with E-state index in [1.54, 1.807) is 10.9 Å². The summed E-state index contributed by atoms with van der Waals surface area (Å²) in [7, 11) is 0. The highest BCUT2D eigenvalue weighted by Gasteiger charge is 2.25. The molecule has 1 aromatic rings. The molecule has 1 saturated carbocycles. The van der Waals surface area contributed by atoms with E-state index in [1.807, 2.05) is 0 Å². The highest BCUT2D eigenvalue weighted by Crippen LogP contribution is 2.31. The first-order valence-electron chi connectivity index (χ1n) is 4.67. The number of rotatable bonds is 2. The fourth-order valence-corrected chi connectivity index (χ4v) is 1.89. The Hall–Kier alpha value is -1.59. The molecule has 0 unspecified atom stereocenters. The van der Waals surface area contributed by atoms with Crippen LogP contribution in [0.1, 0.15) is 31.7 Å². The zero-order valence-electron chi connectivity index (χ0n) is 7.72. The summed E-state index contributed by atoms with van der Waals surface area (Å²) in [5, 5.41) is 14.4. The molecule has 0 saturated heterocycles. The lowest BCUT2D eigenvalue weighted by molar-refractivity contribution is -0.388. The average molecular weight is 196 g/mol. The van der Waals surface area contributed by atoms with Gasteiger partial charge in [-0.05, 0) is 17.8 Å². The maximum atomic E-state index is 10.5. The number of hydrogen-bond donors (Lipinski definition) is 1. The molecule has 76 valence electrons. The van der Waals surface area contributed by atoms with Crippen LogP contribution in [0, 0.1) is 10.1 Å². The monoisotopic (exact) mass is 196 g/mol. The average Bonchev–Trinajstić information content (AvgIpc) is 2.70. The van der Waals surface area contributed by atoms with Gasteiger partial charge in [-0.25, -0.2) is 0 Å². The second-order valence-corrected chi connectivity index (χ2v) is 3.58. The zero-order valence-corrected chi connectivity index (χ0v) is 7.72. The Morgan fingerprint density at radius 2 is 2.21 bits per heavy atom. The molecular formula is C8H12N4O2. The van der Waals surface area contributed by atoms with Gasteiger partial charge >= 0.3 is 5.82 Å². The van der Waals surface area contributed by atoms with Gasteiger partial charge in [0.1, 0.15) is 0 Å². The number of nitrogens with zero attached hydrogens (tertiary/aromatic N) is 3. The van der Waals surface area contributed by atoms with Crippen molar-refractivity contribution in [3.05, 3.63) is 16.3 Å². The van der Waals surface area contributed by atoms with Gasteiger partial charge in [-0.2, -0.15) is 4.68 Å². The largest absolute Gasteiger partial charge is 0.412 e. The first-order valence-corrected chi connectivity index (χ1v) is 4.67. The molecule has 6 nitrogen and oxygen atoms in total. The van der Waals surface area contributed by atoms with Gasteiger partial charge in [0.05, 0.1) is 17.3 Å². The minimum atomic E-state index is -0.541. The minimum absolute atomic E-state index is 0.155. The highest BCUT2D eigenvalue weighted by molar-refractivity contribution is 5.51. The third-order valence-corrected chi connectivity index (χ3v) is 2.61. The van der Waals surface area contributed by atoms with Crippen molar-refractivity contribution >= 4 is 11.5 Å². The summed E-state index contributed by atoms with van der Waals surface area (Å²) in [5.41, 5.74) is 5.64.